The minimum atomic E-state index is -3.75. The Morgan fingerprint density at radius 1 is 1.24 bits per heavy atom. The van der Waals surface area contributed by atoms with Gasteiger partial charge in [0.1, 0.15) is 23.6 Å². The van der Waals surface area contributed by atoms with E-state index in [1.807, 2.05) is 0 Å². The lowest BCUT2D eigenvalue weighted by Gasteiger charge is -2.23. The Bertz CT molecular complexity index is 1130. The average molecular weight is 482 g/mol. The van der Waals surface area contributed by atoms with Crippen molar-refractivity contribution in [3.8, 4) is 5.75 Å². The van der Waals surface area contributed by atoms with E-state index in [1.165, 1.54) is 0 Å². The summed E-state index contributed by atoms with van der Waals surface area (Å²) in [5.41, 5.74) is -0.126. The molecule has 178 valence electrons. The third-order valence-electron chi connectivity index (χ3n) is 5.30. The van der Waals surface area contributed by atoms with E-state index in [-0.39, 0.29) is 24.1 Å². The van der Waals surface area contributed by atoms with Gasteiger partial charge in [0, 0.05) is 24.6 Å². The number of rotatable bonds is 8. The normalized spacial score (nSPS) is 19.1. The van der Waals surface area contributed by atoms with Crippen molar-refractivity contribution in [3.05, 3.63) is 47.8 Å². The fraction of sp³-hybridized carbons (Fsp3) is 0.476. The van der Waals surface area contributed by atoms with E-state index in [0.717, 1.165) is 30.0 Å². The Labute approximate surface area is 190 Å². The minimum Gasteiger partial charge on any atom is -0.489 e. The van der Waals surface area contributed by atoms with Crippen LogP contribution in [0.1, 0.15) is 37.8 Å². The summed E-state index contributed by atoms with van der Waals surface area (Å²) >= 11 is 0. The number of sulfonamides is 1. The molecule has 1 unspecified atom stereocenters. The van der Waals surface area contributed by atoms with E-state index in [2.05, 4.69) is 20.0 Å². The number of hydrogen-bond acceptors (Lipinski definition) is 8. The quantitative estimate of drug-likeness (QED) is 0.611. The van der Waals surface area contributed by atoms with Crippen LogP contribution in [0.15, 0.2) is 40.9 Å². The third kappa shape index (κ3) is 5.56. The van der Waals surface area contributed by atoms with Crippen LogP contribution in [0.5, 0.6) is 5.75 Å². The predicted octanol–water partition coefficient (Wildman–Crippen LogP) is 4.00. The molecule has 1 saturated heterocycles. The number of nitrogens with one attached hydrogen (secondary N) is 1. The van der Waals surface area contributed by atoms with Crippen molar-refractivity contribution in [2.45, 2.75) is 38.3 Å². The second-order valence-corrected chi connectivity index (χ2v) is 9.71. The van der Waals surface area contributed by atoms with Crippen molar-refractivity contribution in [1.29, 1.82) is 0 Å². The topological polar surface area (TPSA) is 105 Å². The van der Waals surface area contributed by atoms with Crippen LogP contribution in [0.3, 0.4) is 0 Å². The summed E-state index contributed by atoms with van der Waals surface area (Å²) in [6, 6.07) is 3.31. The molecule has 33 heavy (non-hydrogen) atoms. The zero-order chi connectivity index (χ0) is 23.4. The van der Waals surface area contributed by atoms with E-state index in [1.54, 1.807) is 25.4 Å². The number of hydrogen-bond donors (Lipinski definition) is 1. The molecular weight excluding hydrogens is 456 g/mol. The molecule has 1 aromatic carbocycles. The first-order valence-corrected chi connectivity index (χ1v) is 12.4. The highest BCUT2D eigenvalue weighted by molar-refractivity contribution is 7.92. The number of nitrogens with zero attached hydrogens (tertiary/aromatic N) is 4. The van der Waals surface area contributed by atoms with Crippen molar-refractivity contribution < 1.29 is 26.7 Å². The van der Waals surface area contributed by atoms with Crippen molar-refractivity contribution in [2.75, 3.05) is 35.2 Å². The largest absolute Gasteiger partial charge is 0.489 e. The molecule has 0 amide bonds. The lowest BCUT2D eigenvalue weighted by molar-refractivity contribution is 0.0254. The molecule has 1 N–H and O–H groups in total. The standard InChI is InChI=1S/C21H25F2N5O4S/c1-2-9-33(29,30)26-18-4-3-17(22)21(20(18)23)28-13-19(25-27-28)14-10-16(12-24-11-14)32-15-5-7-31-8-6-15/h3-4,10-12,15,19,26H,2,5-9,13H2,1H3. The van der Waals surface area contributed by atoms with E-state index in [0.29, 0.717) is 30.9 Å². The Hall–Kier alpha value is -2.86. The highest BCUT2D eigenvalue weighted by atomic mass is 32.2. The van der Waals surface area contributed by atoms with Gasteiger partial charge in [-0.05, 0) is 24.6 Å². The molecule has 1 aromatic heterocycles. The summed E-state index contributed by atoms with van der Waals surface area (Å²) in [5, 5.41) is 9.13. The maximum Gasteiger partial charge on any atom is 0.232 e. The Kier molecular flexibility index (Phi) is 7.03. The summed E-state index contributed by atoms with van der Waals surface area (Å²) in [5.74, 6) is -1.52. The number of benzene rings is 1. The fourth-order valence-electron chi connectivity index (χ4n) is 3.68. The van der Waals surface area contributed by atoms with Gasteiger partial charge in [0.15, 0.2) is 11.6 Å². The van der Waals surface area contributed by atoms with Gasteiger partial charge in [0.2, 0.25) is 10.0 Å². The first-order chi connectivity index (χ1) is 15.9. The second kappa shape index (κ2) is 9.96. The first kappa shape index (κ1) is 23.3. The first-order valence-electron chi connectivity index (χ1n) is 10.7. The molecule has 2 aromatic rings. The van der Waals surface area contributed by atoms with Crippen LogP contribution in [0.4, 0.5) is 20.2 Å². The highest BCUT2D eigenvalue weighted by Crippen LogP contribution is 2.36. The molecule has 2 aliphatic rings. The number of halogens is 2. The van der Waals surface area contributed by atoms with Crippen LogP contribution in [-0.4, -0.2) is 45.0 Å². The van der Waals surface area contributed by atoms with Gasteiger partial charge in [-0.3, -0.25) is 9.71 Å². The van der Waals surface area contributed by atoms with Crippen LogP contribution in [0.2, 0.25) is 0 Å². The van der Waals surface area contributed by atoms with Gasteiger partial charge < -0.3 is 9.47 Å². The van der Waals surface area contributed by atoms with Gasteiger partial charge in [0.05, 0.1) is 37.4 Å². The number of anilines is 2. The maximum atomic E-state index is 15.1. The zero-order valence-electron chi connectivity index (χ0n) is 18.1. The van der Waals surface area contributed by atoms with E-state index in [9.17, 15) is 12.8 Å². The van der Waals surface area contributed by atoms with Crippen molar-refractivity contribution in [1.82, 2.24) is 4.98 Å². The highest BCUT2D eigenvalue weighted by Gasteiger charge is 2.29. The summed E-state index contributed by atoms with van der Waals surface area (Å²) < 4.78 is 67.1. The van der Waals surface area contributed by atoms with Gasteiger partial charge in [-0.15, -0.1) is 0 Å². The molecule has 9 nitrogen and oxygen atoms in total. The van der Waals surface area contributed by atoms with Crippen molar-refractivity contribution in [3.63, 3.8) is 0 Å². The van der Waals surface area contributed by atoms with Gasteiger partial charge in [-0.1, -0.05) is 12.1 Å². The lowest BCUT2D eigenvalue weighted by Crippen LogP contribution is -2.26. The van der Waals surface area contributed by atoms with Crippen LogP contribution in [0, 0.1) is 11.6 Å². The van der Waals surface area contributed by atoms with E-state index < -0.39 is 33.4 Å². The van der Waals surface area contributed by atoms with E-state index >= 15 is 4.39 Å². The molecule has 12 heteroatoms. The van der Waals surface area contributed by atoms with E-state index in [4.69, 9.17) is 9.47 Å². The Morgan fingerprint density at radius 2 is 2.03 bits per heavy atom. The Morgan fingerprint density at radius 3 is 2.79 bits per heavy atom. The molecular formula is C21H25F2N5O4S. The van der Waals surface area contributed by atoms with Gasteiger partial charge in [-0.2, -0.15) is 5.11 Å². The zero-order valence-corrected chi connectivity index (χ0v) is 18.9. The number of ether oxygens (including phenoxy) is 2. The lowest BCUT2D eigenvalue weighted by atomic mass is 10.1. The van der Waals surface area contributed by atoms with Crippen LogP contribution in [-0.2, 0) is 14.8 Å². The molecule has 0 saturated carbocycles. The predicted molar refractivity (Wildman–Crippen MR) is 118 cm³/mol. The molecule has 3 heterocycles. The average Bonchev–Trinajstić information content (AvgIpc) is 3.26. The van der Waals surface area contributed by atoms with Crippen LogP contribution in [0.25, 0.3) is 0 Å². The maximum absolute atomic E-state index is 15.1. The van der Waals surface area contributed by atoms with Crippen molar-refractivity contribution in [2.24, 2.45) is 10.3 Å². The summed E-state index contributed by atoms with van der Waals surface area (Å²) in [7, 11) is -3.75. The van der Waals surface area contributed by atoms with Gasteiger partial charge in [-0.25, -0.2) is 22.2 Å². The van der Waals surface area contributed by atoms with Gasteiger partial charge >= 0.3 is 0 Å². The molecule has 0 radical (unpaired) electrons. The molecule has 1 fully saturated rings. The molecule has 2 aliphatic heterocycles. The molecule has 0 aliphatic carbocycles. The molecule has 4 rings (SSSR count). The SMILES string of the molecule is CCCS(=O)(=O)Nc1ccc(F)c(N2CC(c3cncc(OC4CCOCC4)c3)N=N2)c1F. The molecule has 0 spiro atoms. The summed E-state index contributed by atoms with van der Waals surface area (Å²) in [4.78, 5) is 4.20. The second-order valence-electron chi connectivity index (χ2n) is 7.86. The van der Waals surface area contributed by atoms with Crippen LogP contribution >= 0.6 is 0 Å². The number of aromatic nitrogens is 1. The van der Waals surface area contributed by atoms with Crippen molar-refractivity contribution >= 4 is 21.4 Å². The minimum absolute atomic E-state index is 0.0416. The number of pyridine rings is 1. The molecule has 0 bridgehead atoms. The monoisotopic (exact) mass is 481 g/mol. The smallest absolute Gasteiger partial charge is 0.232 e. The Balaban J connectivity index is 1.50. The van der Waals surface area contributed by atoms with Gasteiger partial charge in [0.25, 0.3) is 0 Å². The van der Waals surface area contributed by atoms with Crippen LogP contribution < -0.4 is 14.5 Å². The molecule has 1 atom stereocenters. The third-order valence-corrected chi connectivity index (χ3v) is 6.77. The summed E-state index contributed by atoms with van der Waals surface area (Å²) in [6.45, 7) is 3.04. The summed E-state index contributed by atoms with van der Waals surface area (Å²) in [6.07, 6.45) is 5.19. The fourth-order valence-corrected chi connectivity index (χ4v) is 4.81.